The minimum Gasteiger partial charge on any atom is -0.314 e. The summed E-state index contributed by atoms with van der Waals surface area (Å²) in [6.07, 6.45) is 1.12. The van der Waals surface area contributed by atoms with Crippen molar-refractivity contribution in [1.29, 1.82) is 0 Å². The molecule has 104 valence electrons. The Bertz CT molecular complexity index is 522. The van der Waals surface area contributed by atoms with E-state index in [0.717, 1.165) is 36.1 Å². The molecule has 0 radical (unpaired) electrons. The Morgan fingerprint density at radius 3 is 2.84 bits per heavy atom. The number of hydrogen-bond acceptors (Lipinski definition) is 3. The van der Waals surface area contributed by atoms with Gasteiger partial charge >= 0.3 is 0 Å². The Balaban J connectivity index is 1.75. The van der Waals surface area contributed by atoms with Crippen LogP contribution < -0.4 is 10.6 Å². The number of halogens is 1. The molecule has 0 aliphatic carbocycles. The molecule has 0 aliphatic rings. The highest BCUT2D eigenvalue weighted by Crippen LogP contribution is 2.26. The van der Waals surface area contributed by atoms with E-state index in [2.05, 4.69) is 30.5 Å². The third-order valence-electron chi connectivity index (χ3n) is 2.92. The minimum absolute atomic E-state index is 0.159. The van der Waals surface area contributed by atoms with Crippen molar-refractivity contribution in [2.45, 2.75) is 32.9 Å². The van der Waals surface area contributed by atoms with Crippen LogP contribution in [0, 0.1) is 5.82 Å². The maximum absolute atomic E-state index is 13.1. The monoisotopic (exact) mass is 280 g/mol. The van der Waals surface area contributed by atoms with Crippen molar-refractivity contribution < 1.29 is 4.39 Å². The van der Waals surface area contributed by atoms with Crippen molar-refractivity contribution in [3.63, 3.8) is 0 Å². The SMILES string of the molecule is CC(C)NCCCNCc1cc2ccc(F)cc2s1. The van der Waals surface area contributed by atoms with Crippen LogP contribution in [0.3, 0.4) is 0 Å². The maximum Gasteiger partial charge on any atom is 0.124 e. The Kier molecular flexibility index (Phi) is 5.31. The Hall–Kier alpha value is -0.970. The van der Waals surface area contributed by atoms with Gasteiger partial charge in [-0.1, -0.05) is 19.9 Å². The fourth-order valence-corrected chi connectivity index (χ4v) is 3.02. The van der Waals surface area contributed by atoms with Crippen LogP contribution in [0.1, 0.15) is 25.1 Å². The second-order valence-electron chi connectivity index (χ2n) is 5.03. The maximum atomic E-state index is 13.1. The summed E-state index contributed by atoms with van der Waals surface area (Å²) in [5.74, 6) is -0.159. The quantitative estimate of drug-likeness (QED) is 0.758. The standard InChI is InChI=1S/C15H21FN2S/c1-11(2)18-7-3-6-17-10-14-8-12-4-5-13(16)9-15(12)19-14/h4-5,8-9,11,17-18H,3,6-7,10H2,1-2H3. The van der Waals surface area contributed by atoms with Crippen LogP contribution in [-0.4, -0.2) is 19.1 Å². The fraction of sp³-hybridized carbons (Fsp3) is 0.467. The molecule has 2 rings (SSSR count). The van der Waals surface area contributed by atoms with Crippen LogP contribution in [0.5, 0.6) is 0 Å². The van der Waals surface area contributed by atoms with E-state index in [0.29, 0.717) is 6.04 Å². The van der Waals surface area contributed by atoms with E-state index in [-0.39, 0.29) is 5.82 Å². The predicted octanol–water partition coefficient (Wildman–Crippen LogP) is 3.52. The van der Waals surface area contributed by atoms with Gasteiger partial charge in [0, 0.05) is 22.2 Å². The fourth-order valence-electron chi connectivity index (χ4n) is 1.96. The Morgan fingerprint density at radius 2 is 2.05 bits per heavy atom. The van der Waals surface area contributed by atoms with Gasteiger partial charge in [-0.25, -0.2) is 4.39 Å². The molecule has 0 amide bonds. The van der Waals surface area contributed by atoms with Gasteiger partial charge in [-0.05, 0) is 43.1 Å². The Morgan fingerprint density at radius 1 is 1.21 bits per heavy atom. The molecule has 1 aromatic carbocycles. The zero-order valence-corrected chi connectivity index (χ0v) is 12.3. The summed E-state index contributed by atoms with van der Waals surface area (Å²) in [4.78, 5) is 1.26. The second-order valence-corrected chi connectivity index (χ2v) is 6.20. The van der Waals surface area contributed by atoms with Crippen molar-refractivity contribution in [2.24, 2.45) is 0 Å². The highest BCUT2D eigenvalue weighted by molar-refractivity contribution is 7.19. The van der Waals surface area contributed by atoms with Crippen molar-refractivity contribution in [3.05, 3.63) is 35.0 Å². The molecule has 0 atom stereocenters. The highest BCUT2D eigenvalue weighted by Gasteiger charge is 2.02. The van der Waals surface area contributed by atoms with Gasteiger partial charge in [0.25, 0.3) is 0 Å². The number of hydrogen-bond donors (Lipinski definition) is 2. The average Bonchev–Trinajstić information content (AvgIpc) is 2.75. The van der Waals surface area contributed by atoms with Crippen LogP contribution >= 0.6 is 11.3 Å². The van der Waals surface area contributed by atoms with Gasteiger partial charge in [0.2, 0.25) is 0 Å². The van der Waals surface area contributed by atoms with Crippen LogP contribution in [-0.2, 0) is 6.54 Å². The predicted molar refractivity (Wildman–Crippen MR) is 81.2 cm³/mol. The van der Waals surface area contributed by atoms with Crippen molar-refractivity contribution in [2.75, 3.05) is 13.1 Å². The van der Waals surface area contributed by atoms with Gasteiger partial charge in [-0.3, -0.25) is 0 Å². The van der Waals surface area contributed by atoms with Crippen LogP contribution in [0.4, 0.5) is 4.39 Å². The van der Waals surface area contributed by atoms with Crippen LogP contribution in [0.25, 0.3) is 10.1 Å². The first-order chi connectivity index (χ1) is 9.15. The first kappa shape index (κ1) is 14.4. The molecule has 4 heteroatoms. The van der Waals surface area contributed by atoms with E-state index in [9.17, 15) is 4.39 Å². The van der Waals surface area contributed by atoms with Gasteiger partial charge in [0.05, 0.1) is 0 Å². The lowest BCUT2D eigenvalue weighted by Gasteiger charge is -2.07. The molecule has 0 unspecified atom stereocenters. The zero-order chi connectivity index (χ0) is 13.7. The lowest BCUT2D eigenvalue weighted by atomic mass is 10.2. The molecule has 0 saturated heterocycles. The van der Waals surface area contributed by atoms with E-state index in [1.165, 1.54) is 10.9 Å². The number of rotatable bonds is 7. The summed E-state index contributed by atoms with van der Waals surface area (Å²) in [7, 11) is 0. The van der Waals surface area contributed by atoms with Crippen LogP contribution in [0.15, 0.2) is 24.3 Å². The van der Waals surface area contributed by atoms with E-state index in [1.807, 2.05) is 6.07 Å². The van der Waals surface area contributed by atoms with Crippen molar-refractivity contribution in [3.8, 4) is 0 Å². The summed E-state index contributed by atoms with van der Waals surface area (Å²) in [6.45, 7) is 7.22. The molecule has 0 fully saturated rings. The molecule has 1 heterocycles. The summed E-state index contributed by atoms with van der Waals surface area (Å²) in [5, 5.41) is 7.95. The van der Waals surface area contributed by atoms with E-state index in [1.54, 1.807) is 17.4 Å². The molecule has 0 spiro atoms. The second kappa shape index (κ2) is 6.98. The first-order valence-corrected chi connectivity index (χ1v) is 7.59. The third kappa shape index (κ3) is 4.56. The molecular formula is C15H21FN2S. The number of fused-ring (bicyclic) bond motifs is 1. The minimum atomic E-state index is -0.159. The molecule has 19 heavy (non-hydrogen) atoms. The lowest BCUT2D eigenvalue weighted by Crippen LogP contribution is -2.26. The summed E-state index contributed by atoms with van der Waals surface area (Å²) >= 11 is 1.66. The lowest BCUT2D eigenvalue weighted by molar-refractivity contribution is 0.548. The van der Waals surface area contributed by atoms with Gasteiger partial charge in [-0.15, -0.1) is 11.3 Å². The van der Waals surface area contributed by atoms with Gasteiger partial charge in [0.1, 0.15) is 5.82 Å². The summed E-state index contributed by atoms with van der Waals surface area (Å²) < 4.78 is 14.1. The normalized spacial score (nSPS) is 11.6. The molecule has 2 nitrogen and oxygen atoms in total. The van der Waals surface area contributed by atoms with Crippen molar-refractivity contribution in [1.82, 2.24) is 10.6 Å². The third-order valence-corrected chi connectivity index (χ3v) is 4.01. The molecule has 0 bridgehead atoms. The van der Waals surface area contributed by atoms with Gasteiger partial charge in [-0.2, -0.15) is 0 Å². The highest BCUT2D eigenvalue weighted by atomic mass is 32.1. The van der Waals surface area contributed by atoms with E-state index < -0.39 is 0 Å². The van der Waals surface area contributed by atoms with Crippen LogP contribution in [0.2, 0.25) is 0 Å². The first-order valence-electron chi connectivity index (χ1n) is 6.77. The number of thiophene rings is 1. The van der Waals surface area contributed by atoms with Gasteiger partial charge < -0.3 is 10.6 Å². The smallest absolute Gasteiger partial charge is 0.124 e. The number of benzene rings is 1. The molecule has 0 aliphatic heterocycles. The van der Waals surface area contributed by atoms with Crippen molar-refractivity contribution >= 4 is 21.4 Å². The molecule has 0 saturated carbocycles. The molecule has 2 aromatic rings. The molecule has 1 aromatic heterocycles. The Labute approximate surface area is 118 Å². The topological polar surface area (TPSA) is 24.1 Å². The van der Waals surface area contributed by atoms with E-state index in [4.69, 9.17) is 0 Å². The van der Waals surface area contributed by atoms with Gasteiger partial charge in [0.15, 0.2) is 0 Å². The summed E-state index contributed by atoms with van der Waals surface area (Å²) in [5.41, 5.74) is 0. The molecular weight excluding hydrogens is 259 g/mol. The molecule has 2 N–H and O–H groups in total. The van der Waals surface area contributed by atoms with E-state index >= 15 is 0 Å². The number of nitrogens with one attached hydrogen (secondary N) is 2. The summed E-state index contributed by atoms with van der Waals surface area (Å²) in [6, 6.07) is 7.66. The largest absolute Gasteiger partial charge is 0.314 e. The average molecular weight is 280 g/mol. The zero-order valence-electron chi connectivity index (χ0n) is 11.5.